The van der Waals surface area contributed by atoms with Crippen LogP contribution in [0, 0.1) is 6.92 Å². The molecular weight excluding hydrogens is 308 g/mol. The summed E-state index contributed by atoms with van der Waals surface area (Å²) in [6.45, 7) is 11.8. The maximum absolute atomic E-state index is 5.80. The highest BCUT2D eigenvalue weighted by molar-refractivity contribution is 7.11. The third kappa shape index (κ3) is 5.46. The van der Waals surface area contributed by atoms with Gasteiger partial charge in [0.15, 0.2) is 5.96 Å². The number of guanidine groups is 1. The summed E-state index contributed by atoms with van der Waals surface area (Å²) >= 11 is 1.81. The first-order chi connectivity index (χ1) is 11.1. The number of nitrogens with zero attached hydrogens (tertiary/aromatic N) is 2. The van der Waals surface area contributed by atoms with Crippen LogP contribution in [0.25, 0.3) is 0 Å². The molecule has 0 radical (unpaired) electrons. The van der Waals surface area contributed by atoms with Crippen LogP contribution in [0.2, 0.25) is 0 Å². The van der Waals surface area contributed by atoms with Crippen molar-refractivity contribution in [2.75, 3.05) is 26.2 Å². The van der Waals surface area contributed by atoms with E-state index in [9.17, 15) is 0 Å². The van der Waals surface area contributed by atoms with Crippen molar-refractivity contribution < 1.29 is 4.74 Å². The molecular formula is C17H30N4OS. The lowest BCUT2D eigenvalue weighted by Gasteiger charge is -2.21. The minimum atomic E-state index is -0.0925. The molecule has 2 rings (SSSR count). The number of thiazole rings is 1. The van der Waals surface area contributed by atoms with Gasteiger partial charge in [0.1, 0.15) is 0 Å². The second kappa shape index (κ2) is 8.64. The molecule has 5 nitrogen and oxygen atoms in total. The van der Waals surface area contributed by atoms with Crippen molar-refractivity contribution in [1.29, 1.82) is 0 Å². The molecule has 1 aliphatic rings. The minimum Gasteiger partial charge on any atom is -0.373 e. The van der Waals surface area contributed by atoms with Gasteiger partial charge in [-0.3, -0.25) is 4.99 Å². The SMILES string of the molecule is CCNC(=NCC1(C)CCCO1)NCCc1nc(CC)c(C)s1. The predicted octanol–water partition coefficient (Wildman–Crippen LogP) is 2.68. The largest absolute Gasteiger partial charge is 0.373 e. The first-order valence-electron chi connectivity index (χ1n) is 8.67. The van der Waals surface area contributed by atoms with Crippen LogP contribution in [0.5, 0.6) is 0 Å². The molecule has 1 aromatic heterocycles. The number of nitrogens with one attached hydrogen (secondary N) is 2. The number of aliphatic imine (C=N–C) groups is 1. The van der Waals surface area contributed by atoms with Crippen LogP contribution in [-0.2, 0) is 17.6 Å². The molecule has 1 aromatic rings. The van der Waals surface area contributed by atoms with E-state index in [4.69, 9.17) is 4.74 Å². The Bertz CT molecular complexity index is 521. The molecule has 1 unspecified atom stereocenters. The second-order valence-electron chi connectivity index (χ2n) is 6.24. The standard InChI is InChI=1S/C17H30N4OS/c1-5-14-13(3)23-15(21-14)8-10-19-16(18-6-2)20-12-17(4)9-7-11-22-17/h5-12H2,1-4H3,(H2,18,19,20). The van der Waals surface area contributed by atoms with Crippen LogP contribution in [0.3, 0.4) is 0 Å². The number of hydrogen-bond donors (Lipinski definition) is 2. The highest BCUT2D eigenvalue weighted by atomic mass is 32.1. The Morgan fingerprint density at radius 3 is 2.83 bits per heavy atom. The molecule has 0 aliphatic carbocycles. The molecule has 6 heteroatoms. The fraction of sp³-hybridized carbons (Fsp3) is 0.765. The fourth-order valence-corrected chi connectivity index (χ4v) is 3.78. The molecule has 1 atom stereocenters. The number of aryl methyl sites for hydroxylation is 2. The van der Waals surface area contributed by atoms with E-state index >= 15 is 0 Å². The monoisotopic (exact) mass is 338 g/mol. The van der Waals surface area contributed by atoms with Gasteiger partial charge in [-0.05, 0) is 40.0 Å². The van der Waals surface area contributed by atoms with Crippen molar-refractivity contribution in [1.82, 2.24) is 15.6 Å². The maximum atomic E-state index is 5.80. The minimum absolute atomic E-state index is 0.0925. The van der Waals surface area contributed by atoms with Crippen LogP contribution in [0.15, 0.2) is 4.99 Å². The Labute approximate surface area is 144 Å². The van der Waals surface area contributed by atoms with Gasteiger partial charge in [-0.25, -0.2) is 4.98 Å². The highest BCUT2D eigenvalue weighted by Gasteiger charge is 2.29. The zero-order chi connectivity index (χ0) is 16.7. The highest BCUT2D eigenvalue weighted by Crippen LogP contribution is 2.25. The van der Waals surface area contributed by atoms with Gasteiger partial charge in [-0.1, -0.05) is 6.92 Å². The van der Waals surface area contributed by atoms with Crippen LogP contribution >= 0.6 is 11.3 Å². The molecule has 2 heterocycles. The summed E-state index contributed by atoms with van der Waals surface area (Å²) in [4.78, 5) is 10.7. The number of ether oxygens (including phenoxy) is 1. The van der Waals surface area contributed by atoms with Crippen LogP contribution in [0.1, 0.15) is 49.2 Å². The van der Waals surface area contributed by atoms with Crippen molar-refractivity contribution in [3.63, 3.8) is 0 Å². The van der Waals surface area contributed by atoms with E-state index < -0.39 is 0 Å². The molecule has 1 aliphatic heterocycles. The summed E-state index contributed by atoms with van der Waals surface area (Å²) in [5, 5.41) is 7.91. The van der Waals surface area contributed by atoms with Gasteiger partial charge in [0.2, 0.25) is 0 Å². The molecule has 1 saturated heterocycles. The van der Waals surface area contributed by atoms with E-state index in [1.807, 2.05) is 0 Å². The van der Waals surface area contributed by atoms with Gasteiger partial charge >= 0.3 is 0 Å². The van der Waals surface area contributed by atoms with E-state index in [1.165, 1.54) is 15.6 Å². The first kappa shape index (κ1) is 18.2. The lowest BCUT2D eigenvalue weighted by Crippen LogP contribution is -2.40. The van der Waals surface area contributed by atoms with Crippen LogP contribution in [-0.4, -0.2) is 42.8 Å². The second-order valence-corrected chi connectivity index (χ2v) is 7.53. The Morgan fingerprint density at radius 1 is 1.39 bits per heavy atom. The van der Waals surface area contributed by atoms with Crippen molar-refractivity contribution in [3.8, 4) is 0 Å². The summed E-state index contributed by atoms with van der Waals surface area (Å²) in [7, 11) is 0. The van der Waals surface area contributed by atoms with E-state index in [2.05, 4.69) is 48.3 Å². The zero-order valence-electron chi connectivity index (χ0n) is 14.9. The number of rotatable bonds is 7. The summed E-state index contributed by atoms with van der Waals surface area (Å²) in [5.74, 6) is 0.869. The third-order valence-corrected chi connectivity index (χ3v) is 5.19. The average Bonchev–Trinajstić information content (AvgIpc) is 3.11. The molecule has 0 saturated carbocycles. The van der Waals surface area contributed by atoms with Crippen molar-refractivity contribution in [2.24, 2.45) is 4.99 Å². The van der Waals surface area contributed by atoms with Crippen molar-refractivity contribution >= 4 is 17.3 Å². The molecule has 130 valence electrons. The Hall–Kier alpha value is -1.14. The summed E-state index contributed by atoms with van der Waals surface area (Å²) < 4.78 is 5.80. The summed E-state index contributed by atoms with van der Waals surface area (Å²) in [6.07, 6.45) is 4.18. The smallest absolute Gasteiger partial charge is 0.191 e. The van der Waals surface area contributed by atoms with Crippen LogP contribution < -0.4 is 10.6 Å². The first-order valence-corrected chi connectivity index (χ1v) is 9.49. The lowest BCUT2D eigenvalue weighted by atomic mass is 10.0. The molecule has 0 amide bonds. The van der Waals surface area contributed by atoms with E-state index in [0.717, 1.165) is 51.3 Å². The third-order valence-electron chi connectivity index (χ3n) is 4.12. The topological polar surface area (TPSA) is 58.5 Å². The van der Waals surface area contributed by atoms with Gasteiger partial charge < -0.3 is 15.4 Å². The maximum Gasteiger partial charge on any atom is 0.191 e. The number of aromatic nitrogens is 1. The predicted molar refractivity (Wildman–Crippen MR) is 97.5 cm³/mol. The van der Waals surface area contributed by atoms with Gasteiger partial charge in [0, 0.05) is 31.0 Å². The van der Waals surface area contributed by atoms with Gasteiger partial charge in [-0.15, -0.1) is 11.3 Å². The molecule has 23 heavy (non-hydrogen) atoms. The van der Waals surface area contributed by atoms with E-state index in [-0.39, 0.29) is 5.60 Å². The van der Waals surface area contributed by atoms with Gasteiger partial charge in [0.05, 0.1) is 22.8 Å². The van der Waals surface area contributed by atoms with Gasteiger partial charge in [-0.2, -0.15) is 0 Å². The molecule has 0 bridgehead atoms. The number of hydrogen-bond acceptors (Lipinski definition) is 4. The Kier molecular flexibility index (Phi) is 6.84. The molecule has 2 N–H and O–H groups in total. The quantitative estimate of drug-likeness (QED) is 0.593. The Morgan fingerprint density at radius 2 is 2.22 bits per heavy atom. The molecule has 0 spiro atoms. The van der Waals surface area contributed by atoms with Crippen molar-refractivity contribution in [3.05, 3.63) is 15.6 Å². The molecule has 0 aromatic carbocycles. The summed E-state index contributed by atoms with van der Waals surface area (Å²) in [5.41, 5.74) is 1.14. The van der Waals surface area contributed by atoms with Crippen LogP contribution in [0.4, 0.5) is 0 Å². The molecule has 1 fully saturated rings. The van der Waals surface area contributed by atoms with Crippen molar-refractivity contribution in [2.45, 2.75) is 59.0 Å². The summed E-state index contributed by atoms with van der Waals surface area (Å²) in [6, 6.07) is 0. The zero-order valence-corrected chi connectivity index (χ0v) is 15.7. The fourth-order valence-electron chi connectivity index (χ4n) is 2.76. The normalized spacial score (nSPS) is 21.7. The Balaban J connectivity index is 1.83. The lowest BCUT2D eigenvalue weighted by molar-refractivity contribution is 0.0283. The van der Waals surface area contributed by atoms with E-state index in [0.29, 0.717) is 6.54 Å². The average molecular weight is 339 g/mol. The van der Waals surface area contributed by atoms with Gasteiger partial charge in [0.25, 0.3) is 0 Å². The van der Waals surface area contributed by atoms with E-state index in [1.54, 1.807) is 11.3 Å².